The van der Waals surface area contributed by atoms with Gasteiger partial charge in [0.2, 0.25) is 5.75 Å². The Morgan fingerprint density at radius 2 is 0.857 bits per heavy atom. The summed E-state index contributed by atoms with van der Waals surface area (Å²) in [5, 5.41) is 0. The van der Waals surface area contributed by atoms with Crippen LogP contribution in [-0.4, -0.2) is 19.8 Å². The molecule has 3 heteroatoms. The molecule has 0 atom stereocenters. The number of hydrogen-bond acceptors (Lipinski definition) is 3. The van der Waals surface area contributed by atoms with Crippen molar-refractivity contribution < 1.29 is 14.2 Å². The zero-order valence-electron chi connectivity index (χ0n) is 23.5. The minimum atomic E-state index is 0.709. The number of benzene rings is 1. The van der Waals surface area contributed by atoms with Gasteiger partial charge in [-0.3, -0.25) is 0 Å². The monoisotopic (exact) mass is 488 g/mol. The molecule has 0 aliphatic heterocycles. The second-order valence-electron chi connectivity index (χ2n) is 9.90. The van der Waals surface area contributed by atoms with E-state index in [1.807, 2.05) is 6.08 Å². The molecule has 35 heavy (non-hydrogen) atoms. The van der Waals surface area contributed by atoms with E-state index in [0.29, 0.717) is 6.61 Å². The summed E-state index contributed by atoms with van der Waals surface area (Å²) in [6.45, 7) is 12.9. The molecule has 0 fully saturated rings. The molecule has 0 spiro atoms. The minimum absolute atomic E-state index is 0.709. The molecule has 0 saturated heterocycles. The van der Waals surface area contributed by atoms with E-state index in [-0.39, 0.29) is 0 Å². The molecule has 0 aliphatic rings. The fraction of sp³-hybridized carbons (Fsp3) is 0.750. The van der Waals surface area contributed by atoms with Gasteiger partial charge >= 0.3 is 0 Å². The lowest BCUT2D eigenvalue weighted by Gasteiger charge is -2.18. The molecular formula is C32H56O3. The Labute approximate surface area is 218 Å². The second kappa shape index (κ2) is 22.8. The van der Waals surface area contributed by atoms with Crippen molar-refractivity contribution in [3.63, 3.8) is 0 Å². The zero-order chi connectivity index (χ0) is 25.4. The van der Waals surface area contributed by atoms with Crippen molar-refractivity contribution in [1.82, 2.24) is 0 Å². The highest BCUT2D eigenvalue weighted by Gasteiger charge is 2.15. The smallest absolute Gasteiger partial charge is 0.203 e. The summed E-state index contributed by atoms with van der Waals surface area (Å²) in [6.07, 6.45) is 24.4. The fourth-order valence-electron chi connectivity index (χ4n) is 4.26. The Bertz CT molecular complexity index is 586. The molecule has 1 aromatic carbocycles. The van der Waals surface area contributed by atoms with Gasteiger partial charge < -0.3 is 14.2 Å². The maximum absolute atomic E-state index is 6.31. The van der Waals surface area contributed by atoms with Gasteiger partial charge in [0.25, 0.3) is 0 Å². The van der Waals surface area contributed by atoms with Crippen LogP contribution >= 0.6 is 0 Å². The SMILES string of the molecule is C=Cc1cc(OCCCCCCCC)c(OCCCCCCCC)c(OCCCCCCCC)c1. The molecule has 0 N–H and O–H groups in total. The number of rotatable bonds is 25. The highest BCUT2D eigenvalue weighted by molar-refractivity contribution is 5.61. The van der Waals surface area contributed by atoms with Gasteiger partial charge in [-0.2, -0.15) is 0 Å². The van der Waals surface area contributed by atoms with E-state index in [4.69, 9.17) is 14.2 Å². The summed E-state index contributed by atoms with van der Waals surface area (Å²) in [7, 11) is 0. The van der Waals surface area contributed by atoms with Crippen LogP contribution in [0.1, 0.15) is 142 Å². The fourth-order valence-corrected chi connectivity index (χ4v) is 4.26. The van der Waals surface area contributed by atoms with Crippen LogP contribution in [0.25, 0.3) is 6.08 Å². The maximum Gasteiger partial charge on any atom is 0.203 e. The van der Waals surface area contributed by atoms with E-state index in [2.05, 4.69) is 39.5 Å². The van der Waals surface area contributed by atoms with Crippen molar-refractivity contribution in [2.45, 2.75) is 136 Å². The molecule has 0 amide bonds. The summed E-state index contributed by atoms with van der Waals surface area (Å²) in [5.74, 6) is 2.39. The largest absolute Gasteiger partial charge is 0.490 e. The van der Waals surface area contributed by atoms with Gasteiger partial charge in [-0.05, 0) is 37.0 Å². The summed E-state index contributed by atoms with van der Waals surface area (Å²) >= 11 is 0. The lowest BCUT2D eigenvalue weighted by molar-refractivity contribution is 0.234. The highest BCUT2D eigenvalue weighted by atomic mass is 16.5. The van der Waals surface area contributed by atoms with E-state index in [1.54, 1.807) is 0 Å². The second-order valence-corrected chi connectivity index (χ2v) is 9.90. The van der Waals surface area contributed by atoms with Crippen molar-refractivity contribution in [2.24, 2.45) is 0 Å². The lowest BCUT2D eigenvalue weighted by atomic mass is 10.1. The first-order valence-electron chi connectivity index (χ1n) is 15.0. The Hall–Kier alpha value is -1.64. The molecular weight excluding hydrogens is 432 g/mol. The molecule has 0 aliphatic carbocycles. The van der Waals surface area contributed by atoms with Gasteiger partial charge in [-0.25, -0.2) is 0 Å². The minimum Gasteiger partial charge on any atom is -0.490 e. The van der Waals surface area contributed by atoms with Crippen molar-refractivity contribution in [2.75, 3.05) is 19.8 Å². The standard InChI is InChI=1S/C32H56O3/c1-5-9-12-15-18-21-24-33-30-27-29(8-4)28-31(34-25-22-19-16-13-10-6-2)32(30)35-26-23-20-17-14-11-7-3/h8,27-28H,4-7,9-26H2,1-3H3. The number of hydrogen-bond donors (Lipinski definition) is 0. The van der Waals surface area contributed by atoms with E-state index in [9.17, 15) is 0 Å². The summed E-state index contributed by atoms with van der Waals surface area (Å²) < 4.78 is 18.8. The van der Waals surface area contributed by atoms with Gasteiger partial charge in [0.15, 0.2) is 11.5 Å². The number of ether oxygens (including phenoxy) is 3. The molecule has 0 saturated carbocycles. The molecule has 3 nitrogen and oxygen atoms in total. The van der Waals surface area contributed by atoms with Crippen LogP contribution in [0.5, 0.6) is 17.2 Å². The average Bonchev–Trinajstić information content (AvgIpc) is 2.87. The van der Waals surface area contributed by atoms with Crippen molar-refractivity contribution in [1.29, 1.82) is 0 Å². The molecule has 0 aromatic heterocycles. The molecule has 1 rings (SSSR count). The van der Waals surface area contributed by atoms with Gasteiger partial charge in [-0.15, -0.1) is 0 Å². The molecule has 0 radical (unpaired) electrons. The van der Waals surface area contributed by atoms with Gasteiger partial charge in [0.1, 0.15) is 0 Å². The van der Waals surface area contributed by atoms with E-state index in [0.717, 1.165) is 55.3 Å². The quantitative estimate of drug-likeness (QED) is 0.128. The molecule has 0 bridgehead atoms. The molecule has 202 valence electrons. The molecule has 0 heterocycles. The van der Waals surface area contributed by atoms with Gasteiger partial charge in [-0.1, -0.05) is 130 Å². The predicted molar refractivity (Wildman–Crippen MR) is 153 cm³/mol. The van der Waals surface area contributed by atoms with E-state index in [1.165, 1.54) is 96.3 Å². The van der Waals surface area contributed by atoms with Crippen LogP contribution in [0, 0.1) is 0 Å². The van der Waals surface area contributed by atoms with Gasteiger partial charge in [0.05, 0.1) is 19.8 Å². The Morgan fingerprint density at radius 1 is 0.514 bits per heavy atom. The third-order valence-corrected chi connectivity index (χ3v) is 6.53. The molecule has 1 aromatic rings. The van der Waals surface area contributed by atoms with Crippen LogP contribution in [0.4, 0.5) is 0 Å². The highest BCUT2D eigenvalue weighted by Crippen LogP contribution is 2.40. The van der Waals surface area contributed by atoms with Crippen LogP contribution in [0.2, 0.25) is 0 Å². The van der Waals surface area contributed by atoms with Crippen LogP contribution in [-0.2, 0) is 0 Å². The summed E-state index contributed by atoms with van der Waals surface area (Å²) in [5.41, 5.74) is 1.02. The first-order chi connectivity index (χ1) is 17.3. The van der Waals surface area contributed by atoms with E-state index < -0.39 is 0 Å². The van der Waals surface area contributed by atoms with Crippen LogP contribution in [0.3, 0.4) is 0 Å². The van der Waals surface area contributed by atoms with Crippen molar-refractivity contribution in [3.8, 4) is 17.2 Å². The number of unbranched alkanes of at least 4 members (excludes halogenated alkanes) is 15. The summed E-state index contributed by atoms with van der Waals surface area (Å²) in [4.78, 5) is 0. The van der Waals surface area contributed by atoms with Crippen molar-refractivity contribution in [3.05, 3.63) is 24.3 Å². The first kappa shape index (κ1) is 31.4. The Morgan fingerprint density at radius 3 is 1.23 bits per heavy atom. The molecule has 0 unspecified atom stereocenters. The Balaban J connectivity index is 2.70. The zero-order valence-corrected chi connectivity index (χ0v) is 23.5. The average molecular weight is 489 g/mol. The predicted octanol–water partition coefficient (Wildman–Crippen LogP) is 10.5. The third-order valence-electron chi connectivity index (χ3n) is 6.53. The first-order valence-corrected chi connectivity index (χ1v) is 15.0. The van der Waals surface area contributed by atoms with E-state index >= 15 is 0 Å². The normalized spacial score (nSPS) is 10.9. The summed E-state index contributed by atoms with van der Waals surface area (Å²) in [6, 6.07) is 4.11. The lowest BCUT2D eigenvalue weighted by Crippen LogP contribution is -2.06. The van der Waals surface area contributed by atoms with Crippen molar-refractivity contribution >= 4 is 6.08 Å². The van der Waals surface area contributed by atoms with Gasteiger partial charge in [0, 0.05) is 0 Å². The maximum atomic E-state index is 6.31. The van der Waals surface area contributed by atoms with Crippen LogP contribution < -0.4 is 14.2 Å². The Kier molecular flexibility index (Phi) is 20.4. The van der Waals surface area contributed by atoms with Crippen LogP contribution in [0.15, 0.2) is 18.7 Å². The third kappa shape index (κ3) is 15.9. The topological polar surface area (TPSA) is 27.7 Å².